The Morgan fingerprint density at radius 1 is 1.48 bits per heavy atom. The fraction of sp³-hybridized carbons (Fsp3) is 0.529. The first-order chi connectivity index (χ1) is 11.2. The van der Waals surface area contributed by atoms with Crippen LogP contribution >= 0.6 is 11.3 Å². The molecular weight excluding hydrogens is 310 g/mol. The van der Waals surface area contributed by atoms with E-state index in [1.54, 1.807) is 0 Å². The van der Waals surface area contributed by atoms with Gasteiger partial charge in [-0.05, 0) is 37.4 Å². The molecule has 1 aliphatic heterocycles. The first-order valence-electron chi connectivity index (χ1n) is 8.01. The number of piperidine rings is 1. The van der Waals surface area contributed by atoms with Gasteiger partial charge < -0.3 is 9.30 Å². The van der Waals surface area contributed by atoms with Gasteiger partial charge in [-0.3, -0.25) is 4.90 Å². The van der Waals surface area contributed by atoms with Crippen molar-refractivity contribution in [3.8, 4) is 0 Å². The highest BCUT2D eigenvalue weighted by Crippen LogP contribution is 2.24. The number of methoxy groups -OCH3 is 1. The summed E-state index contributed by atoms with van der Waals surface area (Å²) in [7, 11) is 3.48. The van der Waals surface area contributed by atoms with Crippen LogP contribution in [0.2, 0.25) is 0 Å². The predicted octanol–water partition coefficient (Wildman–Crippen LogP) is 2.72. The SMILES string of the molecule is COC(=O)c1ccc(CN2CCC[C@@H](Cc3nccn3C)C2)s1. The van der Waals surface area contributed by atoms with Crippen LogP contribution in [0.4, 0.5) is 0 Å². The van der Waals surface area contributed by atoms with Gasteiger partial charge in [-0.2, -0.15) is 0 Å². The summed E-state index contributed by atoms with van der Waals surface area (Å²) in [5, 5.41) is 0. The predicted molar refractivity (Wildman–Crippen MR) is 90.6 cm³/mol. The van der Waals surface area contributed by atoms with Crippen LogP contribution < -0.4 is 0 Å². The maximum absolute atomic E-state index is 11.5. The molecule has 23 heavy (non-hydrogen) atoms. The maximum atomic E-state index is 11.5. The van der Waals surface area contributed by atoms with Crippen LogP contribution in [-0.4, -0.2) is 40.6 Å². The first kappa shape index (κ1) is 16.2. The van der Waals surface area contributed by atoms with Gasteiger partial charge in [-0.25, -0.2) is 9.78 Å². The van der Waals surface area contributed by atoms with Gasteiger partial charge >= 0.3 is 5.97 Å². The van der Waals surface area contributed by atoms with E-state index in [2.05, 4.69) is 21.5 Å². The number of carbonyl (C=O) groups excluding carboxylic acids is 1. The standard InChI is InChI=1S/C17H23N3O2S/c1-19-9-7-18-16(19)10-13-4-3-8-20(11-13)12-14-5-6-15(23-14)17(21)22-2/h5-7,9,13H,3-4,8,10-12H2,1-2H3/t13-/m0/s1. The van der Waals surface area contributed by atoms with E-state index in [0.717, 1.165) is 26.1 Å². The minimum Gasteiger partial charge on any atom is -0.465 e. The van der Waals surface area contributed by atoms with Crippen molar-refractivity contribution in [1.29, 1.82) is 0 Å². The Kier molecular flexibility index (Phi) is 5.13. The van der Waals surface area contributed by atoms with Crippen LogP contribution in [0.15, 0.2) is 24.5 Å². The second-order valence-corrected chi connectivity index (χ2v) is 7.33. The number of thiophene rings is 1. The largest absolute Gasteiger partial charge is 0.465 e. The highest BCUT2D eigenvalue weighted by atomic mass is 32.1. The molecule has 3 heterocycles. The zero-order valence-corrected chi connectivity index (χ0v) is 14.5. The third kappa shape index (κ3) is 4.00. The second-order valence-electron chi connectivity index (χ2n) is 6.16. The summed E-state index contributed by atoms with van der Waals surface area (Å²) in [6.45, 7) is 3.14. The smallest absolute Gasteiger partial charge is 0.348 e. The Balaban J connectivity index is 1.57. The fourth-order valence-electron chi connectivity index (χ4n) is 3.21. The molecule has 3 rings (SSSR count). The van der Waals surface area contributed by atoms with Gasteiger partial charge in [0, 0.05) is 43.8 Å². The van der Waals surface area contributed by atoms with Crippen molar-refractivity contribution in [3.05, 3.63) is 40.1 Å². The number of aryl methyl sites for hydroxylation is 1. The monoisotopic (exact) mass is 333 g/mol. The molecule has 0 spiro atoms. The van der Waals surface area contributed by atoms with E-state index in [0.29, 0.717) is 10.8 Å². The van der Waals surface area contributed by atoms with Crippen LogP contribution in [-0.2, 0) is 24.8 Å². The Bertz CT molecular complexity index is 664. The summed E-state index contributed by atoms with van der Waals surface area (Å²) >= 11 is 1.54. The quantitative estimate of drug-likeness (QED) is 0.790. The van der Waals surface area contributed by atoms with Crippen molar-refractivity contribution in [2.75, 3.05) is 20.2 Å². The zero-order valence-electron chi connectivity index (χ0n) is 13.7. The fourth-order valence-corrected chi connectivity index (χ4v) is 4.17. The van der Waals surface area contributed by atoms with Crippen LogP contribution in [0.1, 0.15) is 33.2 Å². The van der Waals surface area contributed by atoms with Gasteiger partial charge in [0.05, 0.1) is 7.11 Å². The van der Waals surface area contributed by atoms with E-state index in [4.69, 9.17) is 4.74 Å². The Hall–Kier alpha value is -1.66. The summed E-state index contributed by atoms with van der Waals surface area (Å²) < 4.78 is 6.89. The van der Waals surface area contributed by atoms with Crippen molar-refractivity contribution < 1.29 is 9.53 Å². The van der Waals surface area contributed by atoms with Gasteiger partial charge in [0.25, 0.3) is 0 Å². The first-order valence-corrected chi connectivity index (χ1v) is 8.83. The number of likely N-dealkylation sites (tertiary alicyclic amines) is 1. The Labute approximate surface area is 140 Å². The molecule has 1 aliphatic rings. The average molecular weight is 333 g/mol. The molecule has 1 saturated heterocycles. The highest BCUT2D eigenvalue weighted by Gasteiger charge is 2.22. The van der Waals surface area contributed by atoms with E-state index in [1.165, 1.54) is 42.0 Å². The normalized spacial score (nSPS) is 19.0. The molecule has 0 bridgehead atoms. The molecule has 124 valence electrons. The Morgan fingerprint density at radius 3 is 3.09 bits per heavy atom. The minimum absolute atomic E-state index is 0.243. The molecule has 0 aliphatic carbocycles. The Morgan fingerprint density at radius 2 is 2.35 bits per heavy atom. The second kappa shape index (κ2) is 7.27. The highest BCUT2D eigenvalue weighted by molar-refractivity contribution is 7.13. The molecule has 1 atom stereocenters. The van der Waals surface area contributed by atoms with Crippen LogP contribution in [0.3, 0.4) is 0 Å². The lowest BCUT2D eigenvalue weighted by Crippen LogP contribution is -2.35. The van der Waals surface area contributed by atoms with Gasteiger partial charge in [0.2, 0.25) is 0 Å². The van der Waals surface area contributed by atoms with Crippen LogP contribution in [0, 0.1) is 5.92 Å². The molecule has 2 aromatic rings. The summed E-state index contributed by atoms with van der Waals surface area (Å²) in [6, 6.07) is 3.90. The molecule has 0 N–H and O–H groups in total. The number of nitrogens with zero attached hydrogens (tertiary/aromatic N) is 3. The van der Waals surface area contributed by atoms with Gasteiger partial charge in [0.1, 0.15) is 10.7 Å². The molecule has 6 heteroatoms. The van der Waals surface area contributed by atoms with E-state index in [1.807, 2.05) is 24.5 Å². The van der Waals surface area contributed by atoms with Crippen molar-refractivity contribution in [1.82, 2.24) is 14.5 Å². The summed E-state index contributed by atoms with van der Waals surface area (Å²) in [4.78, 5) is 20.4. The molecule has 0 radical (unpaired) electrons. The van der Waals surface area contributed by atoms with Crippen molar-refractivity contribution in [3.63, 3.8) is 0 Å². The number of ether oxygens (including phenoxy) is 1. The van der Waals surface area contributed by atoms with E-state index in [9.17, 15) is 4.79 Å². The number of hydrogen-bond acceptors (Lipinski definition) is 5. The number of hydrogen-bond donors (Lipinski definition) is 0. The molecule has 0 unspecified atom stereocenters. The molecule has 1 fully saturated rings. The van der Waals surface area contributed by atoms with Crippen LogP contribution in [0.25, 0.3) is 0 Å². The topological polar surface area (TPSA) is 47.4 Å². The lowest BCUT2D eigenvalue weighted by atomic mass is 9.94. The third-order valence-electron chi connectivity index (χ3n) is 4.42. The number of rotatable bonds is 5. The number of aromatic nitrogens is 2. The zero-order chi connectivity index (χ0) is 16.2. The molecule has 0 amide bonds. The molecule has 0 saturated carbocycles. The number of carbonyl (C=O) groups is 1. The van der Waals surface area contributed by atoms with E-state index >= 15 is 0 Å². The average Bonchev–Trinajstić information content (AvgIpc) is 3.17. The number of imidazole rings is 1. The maximum Gasteiger partial charge on any atom is 0.348 e. The van der Waals surface area contributed by atoms with Gasteiger partial charge in [-0.15, -0.1) is 11.3 Å². The van der Waals surface area contributed by atoms with Gasteiger partial charge in [0.15, 0.2) is 0 Å². The molecule has 5 nitrogen and oxygen atoms in total. The molecular formula is C17H23N3O2S. The molecule has 0 aromatic carbocycles. The van der Waals surface area contributed by atoms with Crippen molar-refractivity contribution in [2.24, 2.45) is 13.0 Å². The summed E-state index contributed by atoms with van der Waals surface area (Å²) in [5.74, 6) is 1.58. The lowest BCUT2D eigenvalue weighted by molar-refractivity contribution is 0.0606. The molecule has 2 aromatic heterocycles. The van der Waals surface area contributed by atoms with E-state index < -0.39 is 0 Å². The van der Waals surface area contributed by atoms with Crippen molar-refractivity contribution >= 4 is 17.3 Å². The third-order valence-corrected chi connectivity index (χ3v) is 5.47. The summed E-state index contributed by atoms with van der Waals surface area (Å²) in [5.41, 5.74) is 0. The van der Waals surface area contributed by atoms with E-state index in [-0.39, 0.29) is 5.97 Å². The van der Waals surface area contributed by atoms with Crippen LogP contribution in [0.5, 0.6) is 0 Å². The minimum atomic E-state index is -0.243. The number of esters is 1. The summed E-state index contributed by atoms with van der Waals surface area (Å²) in [6.07, 6.45) is 7.41. The lowest BCUT2D eigenvalue weighted by Gasteiger charge is -2.32. The van der Waals surface area contributed by atoms with Crippen molar-refractivity contribution in [2.45, 2.75) is 25.8 Å². The van der Waals surface area contributed by atoms with Gasteiger partial charge in [-0.1, -0.05) is 0 Å².